The number of ketones is 1. The Morgan fingerprint density at radius 3 is 2.12 bits per heavy atom. The standard InChI is InChI=1S/C45H57FN4O6Si/c1-7-45(6)43(55)48-37(30-32-20-17-18-25-35(32)46)42(54)50-29-19-27-38(50)41(53)47-36(40(52)49-45)26-15-10-16-28-39(51)31(2)56-57(44(3,4)5,33-21-11-8-12-22-33)34-23-13-9-14-24-34/h8-14,16-18,20-25,31,36-38H,7,15,19,26-30H2,1-6H3,(H,47,53)(H,48,55)(H,49,52)/t31-,36-,37-,38+,45-/m0/s1. The summed E-state index contributed by atoms with van der Waals surface area (Å²) in [6.07, 6.45) is 4.55. The average Bonchev–Trinajstić information content (AvgIpc) is 3.69. The van der Waals surface area contributed by atoms with E-state index in [1.807, 2.05) is 42.5 Å². The summed E-state index contributed by atoms with van der Waals surface area (Å²) in [5.41, 5.74) is -1.18. The van der Waals surface area contributed by atoms with Gasteiger partial charge in [0, 0.05) is 19.4 Å². The van der Waals surface area contributed by atoms with Crippen LogP contribution in [0.4, 0.5) is 4.39 Å². The van der Waals surface area contributed by atoms with Crippen molar-refractivity contribution < 1.29 is 32.8 Å². The Hall–Kier alpha value is -4.94. The second-order valence-corrected chi connectivity index (χ2v) is 20.6. The van der Waals surface area contributed by atoms with Crippen LogP contribution < -0.4 is 26.3 Å². The van der Waals surface area contributed by atoms with Crippen LogP contribution >= 0.6 is 0 Å². The van der Waals surface area contributed by atoms with E-state index in [1.54, 1.807) is 45.0 Å². The molecule has 0 unspecified atom stereocenters. The summed E-state index contributed by atoms with van der Waals surface area (Å²) in [6, 6.07) is 23.3. The lowest BCUT2D eigenvalue weighted by atomic mass is 9.94. The van der Waals surface area contributed by atoms with Crippen LogP contribution in [-0.2, 0) is 34.8 Å². The maximum atomic E-state index is 14.7. The molecule has 3 aromatic rings. The van der Waals surface area contributed by atoms with Gasteiger partial charge < -0.3 is 25.3 Å². The molecule has 0 spiro atoms. The molecule has 0 aromatic heterocycles. The number of allylic oxidation sites excluding steroid dienone is 2. The summed E-state index contributed by atoms with van der Waals surface area (Å²) in [7, 11) is -2.95. The molecule has 4 amide bonds. The third kappa shape index (κ3) is 9.79. The summed E-state index contributed by atoms with van der Waals surface area (Å²) >= 11 is 0. The minimum absolute atomic E-state index is 0.0830. The van der Waals surface area contributed by atoms with E-state index in [2.05, 4.69) is 61.0 Å². The predicted octanol–water partition coefficient (Wildman–Crippen LogP) is 4.89. The average molecular weight is 797 g/mol. The van der Waals surface area contributed by atoms with Gasteiger partial charge in [-0.2, -0.15) is 0 Å². The third-order valence-electron chi connectivity index (χ3n) is 11.4. The largest absolute Gasteiger partial charge is 0.398 e. The van der Waals surface area contributed by atoms with Crippen LogP contribution in [0.15, 0.2) is 97.1 Å². The Morgan fingerprint density at radius 2 is 1.53 bits per heavy atom. The molecular weight excluding hydrogens is 740 g/mol. The van der Waals surface area contributed by atoms with E-state index in [0.29, 0.717) is 19.3 Å². The number of hydrogen-bond donors (Lipinski definition) is 3. The number of hydrogen-bond acceptors (Lipinski definition) is 6. The predicted molar refractivity (Wildman–Crippen MR) is 222 cm³/mol. The van der Waals surface area contributed by atoms with Gasteiger partial charge in [0.1, 0.15) is 35.6 Å². The normalized spacial score (nSPS) is 22.9. The molecule has 2 saturated heterocycles. The van der Waals surface area contributed by atoms with E-state index in [0.717, 1.165) is 10.4 Å². The van der Waals surface area contributed by atoms with Gasteiger partial charge in [-0.05, 0) is 73.0 Å². The molecule has 2 aliphatic heterocycles. The van der Waals surface area contributed by atoms with Gasteiger partial charge in [0.15, 0.2) is 5.78 Å². The first kappa shape index (κ1) is 43.2. The number of amides is 4. The molecule has 0 radical (unpaired) electrons. The fourth-order valence-corrected chi connectivity index (χ4v) is 12.6. The monoisotopic (exact) mass is 796 g/mol. The molecule has 2 aliphatic rings. The van der Waals surface area contributed by atoms with E-state index in [1.165, 1.54) is 11.0 Å². The lowest BCUT2D eigenvalue weighted by molar-refractivity contribution is -0.144. The number of halogens is 1. The Kier molecular flexibility index (Phi) is 14.1. The molecule has 0 bridgehead atoms. The molecule has 5 atom stereocenters. The first-order valence-corrected chi connectivity index (χ1v) is 22.0. The fourth-order valence-electron chi connectivity index (χ4n) is 7.87. The van der Waals surface area contributed by atoms with Crippen LogP contribution in [0.1, 0.15) is 85.6 Å². The number of carbonyl (C=O) groups excluding carboxylic acids is 5. The molecule has 2 heterocycles. The number of fused-ring (bicyclic) bond motifs is 1. The van der Waals surface area contributed by atoms with Crippen LogP contribution in [-0.4, -0.2) is 78.9 Å². The number of rotatable bonds is 13. The van der Waals surface area contributed by atoms with Crippen molar-refractivity contribution in [1.82, 2.24) is 20.9 Å². The van der Waals surface area contributed by atoms with E-state index in [9.17, 15) is 28.4 Å². The fraction of sp³-hybridized carbons (Fsp3) is 0.444. The Balaban J connectivity index is 1.29. The lowest BCUT2D eigenvalue weighted by Gasteiger charge is -2.44. The number of benzene rings is 3. The maximum Gasteiger partial charge on any atom is 0.262 e. The van der Waals surface area contributed by atoms with Crippen molar-refractivity contribution in [3.05, 3.63) is 108 Å². The highest BCUT2D eigenvalue weighted by molar-refractivity contribution is 6.99. The lowest BCUT2D eigenvalue weighted by Crippen LogP contribution is -2.68. The molecule has 12 heteroatoms. The summed E-state index contributed by atoms with van der Waals surface area (Å²) in [6.45, 7) is 11.9. The molecule has 3 aromatic carbocycles. The number of nitrogens with one attached hydrogen (secondary N) is 3. The summed E-state index contributed by atoms with van der Waals surface area (Å²) < 4.78 is 21.7. The molecule has 2 fully saturated rings. The molecule has 57 heavy (non-hydrogen) atoms. The van der Waals surface area contributed by atoms with Crippen LogP contribution in [0.25, 0.3) is 0 Å². The second-order valence-electron chi connectivity index (χ2n) is 16.4. The van der Waals surface area contributed by atoms with Gasteiger partial charge in [0.25, 0.3) is 8.32 Å². The number of carbonyl (C=O) groups is 5. The highest BCUT2D eigenvalue weighted by Crippen LogP contribution is 2.37. The second kappa shape index (κ2) is 18.5. The zero-order valence-corrected chi connectivity index (χ0v) is 35.0. The molecule has 3 N–H and O–H groups in total. The van der Waals surface area contributed by atoms with E-state index in [4.69, 9.17) is 4.43 Å². The molecule has 0 saturated carbocycles. The topological polar surface area (TPSA) is 134 Å². The Morgan fingerprint density at radius 1 is 0.912 bits per heavy atom. The van der Waals surface area contributed by atoms with Crippen molar-refractivity contribution in [1.29, 1.82) is 0 Å². The van der Waals surface area contributed by atoms with Crippen molar-refractivity contribution >= 4 is 48.1 Å². The van der Waals surface area contributed by atoms with Gasteiger partial charge in [-0.3, -0.25) is 24.0 Å². The molecule has 304 valence electrons. The first-order chi connectivity index (χ1) is 27.1. The van der Waals surface area contributed by atoms with Gasteiger partial charge in [-0.25, -0.2) is 4.39 Å². The number of nitrogens with zero attached hydrogens (tertiary/aromatic N) is 1. The van der Waals surface area contributed by atoms with Gasteiger partial charge >= 0.3 is 0 Å². The third-order valence-corrected chi connectivity index (χ3v) is 16.5. The maximum absolute atomic E-state index is 14.7. The van der Waals surface area contributed by atoms with Gasteiger partial charge in [-0.15, -0.1) is 0 Å². The quantitative estimate of drug-likeness (QED) is 0.167. The van der Waals surface area contributed by atoms with Crippen LogP contribution in [0.5, 0.6) is 0 Å². The minimum atomic E-state index is -2.95. The highest BCUT2D eigenvalue weighted by Gasteiger charge is 2.51. The minimum Gasteiger partial charge on any atom is -0.398 e. The van der Waals surface area contributed by atoms with Gasteiger partial charge in [-0.1, -0.05) is 119 Å². The smallest absolute Gasteiger partial charge is 0.262 e. The zero-order valence-electron chi connectivity index (χ0n) is 34.0. The summed E-state index contributed by atoms with van der Waals surface area (Å²) in [4.78, 5) is 70.5. The van der Waals surface area contributed by atoms with E-state index >= 15 is 0 Å². The Bertz CT molecular complexity index is 1900. The van der Waals surface area contributed by atoms with Crippen molar-refractivity contribution in [2.24, 2.45) is 0 Å². The van der Waals surface area contributed by atoms with Crippen LogP contribution in [0, 0.1) is 5.82 Å². The molecule has 0 aliphatic carbocycles. The number of Topliss-reactive ketones (excluding diaryl/α,β-unsaturated/α-hetero) is 1. The van der Waals surface area contributed by atoms with Crippen molar-refractivity contribution in [2.75, 3.05) is 6.54 Å². The van der Waals surface area contributed by atoms with E-state index < -0.39 is 67.5 Å². The summed E-state index contributed by atoms with van der Waals surface area (Å²) in [5.74, 6) is -2.66. The SMILES string of the molecule is CC[C@]1(C)NC(=O)[C@H](CCC=CCC(=O)[C@H](C)O[Si](c2ccccc2)(c2ccccc2)C(C)(C)C)NC(=O)[C@H]2CCCN2C(=O)[C@H](Cc2ccccc2F)NC1=O. The van der Waals surface area contributed by atoms with Crippen molar-refractivity contribution in [2.45, 2.75) is 121 Å². The van der Waals surface area contributed by atoms with Crippen molar-refractivity contribution in [3.63, 3.8) is 0 Å². The van der Waals surface area contributed by atoms with Gasteiger partial charge in [0.2, 0.25) is 23.6 Å². The Labute approximate surface area is 337 Å². The molecule has 10 nitrogen and oxygen atoms in total. The molecular formula is C45H57FN4O6Si. The van der Waals surface area contributed by atoms with E-state index in [-0.39, 0.29) is 48.6 Å². The van der Waals surface area contributed by atoms with Crippen LogP contribution in [0.3, 0.4) is 0 Å². The van der Waals surface area contributed by atoms with Gasteiger partial charge in [0.05, 0.1) is 0 Å². The molecule has 5 rings (SSSR count). The van der Waals surface area contributed by atoms with Crippen molar-refractivity contribution in [3.8, 4) is 0 Å². The summed E-state index contributed by atoms with van der Waals surface area (Å²) in [5, 5.41) is 10.4. The van der Waals surface area contributed by atoms with Crippen LogP contribution in [0.2, 0.25) is 5.04 Å². The highest BCUT2D eigenvalue weighted by atomic mass is 28.4. The zero-order chi connectivity index (χ0) is 41.4. The first-order valence-electron chi connectivity index (χ1n) is 20.0.